The molecule has 1 fully saturated rings. The van der Waals surface area contributed by atoms with Gasteiger partial charge in [-0.1, -0.05) is 43.1 Å². The fourth-order valence-electron chi connectivity index (χ4n) is 5.71. The summed E-state index contributed by atoms with van der Waals surface area (Å²) in [5.74, 6) is 1.73. The number of halogens is 1. The lowest BCUT2D eigenvalue weighted by Crippen LogP contribution is -2.41. The van der Waals surface area contributed by atoms with Crippen LogP contribution in [0.4, 0.5) is 5.69 Å². The summed E-state index contributed by atoms with van der Waals surface area (Å²) in [6.07, 6.45) is 9.16. The van der Waals surface area contributed by atoms with Gasteiger partial charge in [-0.15, -0.1) is 0 Å². The molecule has 1 aromatic heterocycles. The van der Waals surface area contributed by atoms with Gasteiger partial charge >= 0.3 is 0 Å². The van der Waals surface area contributed by atoms with E-state index in [4.69, 9.17) is 16.3 Å². The van der Waals surface area contributed by atoms with Crippen molar-refractivity contribution in [3.8, 4) is 11.6 Å². The summed E-state index contributed by atoms with van der Waals surface area (Å²) >= 11 is 6.19. The van der Waals surface area contributed by atoms with Crippen molar-refractivity contribution in [1.29, 1.82) is 0 Å². The summed E-state index contributed by atoms with van der Waals surface area (Å²) in [4.78, 5) is 4.32. The summed E-state index contributed by atoms with van der Waals surface area (Å²) < 4.78 is 32.6. The van der Waals surface area contributed by atoms with Gasteiger partial charge < -0.3 is 4.74 Å². The van der Waals surface area contributed by atoms with Crippen LogP contribution < -0.4 is 9.46 Å². The van der Waals surface area contributed by atoms with Crippen molar-refractivity contribution in [3.63, 3.8) is 0 Å². The standard InChI is InChI=1S/C28H31ClN2O3S/c1-2-17-35(32,33)31-23-12-14-27(30-19-23)34-24-13-7-20-5-3-6-26(25(20)18-24)28(15-4-16-28)21-8-10-22(29)11-9-21/h7-14,18-19,26,31H,2-6,15-17H2,1H3. The average Bonchev–Trinajstić information content (AvgIpc) is 2.81. The first-order valence-corrected chi connectivity index (χ1v) is 14.4. The van der Waals surface area contributed by atoms with Crippen LogP contribution in [0.15, 0.2) is 60.8 Å². The molecule has 5 rings (SSSR count). The van der Waals surface area contributed by atoms with Crippen molar-refractivity contribution < 1.29 is 13.2 Å². The molecule has 0 spiro atoms. The second kappa shape index (κ2) is 9.82. The topological polar surface area (TPSA) is 68.3 Å². The van der Waals surface area contributed by atoms with E-state index < -0.39 is 10.0 Å². The number of aryl methyl sites for hydroxylation is 1. The first kappa shape index (κ1) is 24.1. The molecule has 1 N–H and O–H groups in total. The molecule has 1 saturated carbocycles. The number of hydrogen-bond donors (Lipinski definition) is 1. The minimum Gasteiger partial charge on any atom is -0.439 e. The summed E-state index contributed by atoms with van der Waals surface area (Å²) in [6, 6.07) is 18.2. The maximum atomic E-state index is 12.0. The first-order valence-electron chi connectivity index (χ1n) is 12.4. The normalized spacial score (nSPS) is 18.9. The van der Waals surface area contributed by atoms with Crippen molar-refractivity contribution in [1.82, 2.24) is 4.98 Å². The Bertz CT molecular complexity index is 1290. The smallest absolute Gasteiger partial charge is 0.232 e. The number of sulfonamides is 1. The maximum absolute atomic E-state index is 12.0. The molecule has 2 aliphatic carbocycles. The molecule has 3 aromatic rings. The molecule has 0 bridgehead atoms. The number of benzene rings is 2. The van der Waals surface area contributed by atoms with E-state index in [0.717, 1.165) is 17.2 Å². The Labute approximate surface area is 212 Å². The van der Waals surface area contributed by atoms with Crippen molar-refractivity contribution in [2.75, 3.05) is 10.5 Å². The van der Waals surface area contributed by atoms with E-state index in [0.29, 0.717) is 23.9 Å². The molecule has 7 heteroatoms. The van der Waals surface area contributed by atoms with Crippen LogP contribution in [0.3, 0.4) is 0 Å². The summed E-state index contributed by atoms with van der Waals surface area (Å²) in [7, 11) is -3.35. The van der Waals surface area contributed by atoms with Crippen molar-refractivity contribution >= 4 is 27.3 Å². The molecule has 2 aliphatic rings. The Morgan fingerprint density at radius 2 is 1.89 bits per heavy atom. The second-order valence-corrected chi connectivity index (χ2v) is 12.0. The van der Waals surface area contributed by atoms with Gasteiger partial charge in [0.1, 0.15) is 5.75 Å². The van der Waals surface area contributed by atoms with Gasteiger partial charge in [-0.25, -0.2) is 13.4 Å². The molecule has 35 heavy (non-hydrogen) atoms. The SMILES string of the molecule is CCCS(=O)(=O)Nc1ccc(Oc2ccc3c(c2)C(C2(c4ccc(Cl)cc4)CCC2)CCC3)nc1. The molecule has 5 nitrogen and oxygen atoms in total. The first-order chi connectivity index (χ1) is 16.9. The lowest BCUT2D eigenvalue weighted by atomic mass is 9.53. The Morgan fingerprint density at radius 1 is 1.09 bits per heavy atom. The highest BCUT2D eigenvalue weighted by Gasteiger charge is 2.47. The van der Waals surface area contributed by atoms with Crippen LogP contribution in [0.25, 0.3) is 0 Å². The van der Waals surface area contributed by atoms with Crippen LogP contribution in [0.5, 0.6) is 11.6 Å². The quantitative estimate of drug-likeness (QED) is 0.347. The average molecular weight is 511 g/mol. The predicted octanol–water partition coefficient (Wildman–Crippen LogP) is 7.22. The zero-order valence-corrected chi connectivity index (χ0v) is 21.5. The number of fused-ring (bicyclic) bond motifs is 1. The second-order valence-electron chi connectivity index (χ2n) is 9.73. The van der Waals surface area contributed by atoms with Gasteiger partial charge in [-0.05, 0) is 91.5 Å². The molecule has 2 aromatic carbocycles. The molecule has 0 saturated heterocycles. The van der Waals surface area contributed by atoms with Crippen LogP contribution in [-0.2, 0) is 21.9 Å². The van der Waals surface area contributed by atoms with Crippen LogP contribution in [0.2, 0.25) is 5.02 Å². The predicted molar refractivity (Wildman–Crippen MR) is 141 cm³/mol. The summed E-state index contributed by atoms with van der Waals surface area (Å²) in [5, 5.41) is 0.777. The number of rotatable bonds is 8. The van der Waals surface area contributed by atoms with E-state index in [1.54, 1.807) is 12.1 Å². The van der Waals surface area contributed by atoms with Gasteiger partial charge in [0, 0.05) is 16.5 Å². The van der Waals surface area contributed by atoms with Gasteiger partial charge in [0.15, 0.2) is 0 Å². The molecule has 184 valence electrons. The molecule has 0 radical (unpaired) electrons. The van der Waals surface area contributed by atoms with Crippen molar-refractivity contribution in [3.05, 3.63) is 82.5 Å². The third kappa shape index (κ3) is 5.05. The number of ether oxygens (including phenoxy) is 1. The van der Waals surface area contributed by atoms with Gasteiger partial charge in [0.25, 0.3) is 0 Å². The van der Waals surface area contributed by atoms with Crippen LogP contribution in [0.1, 0.15) is 68.1 Å². The highest BCUT2D eigenvalue weighted by molar-refractivity contribution is 7.92. The Kier molecular flexibility index (Phi) is 6.78. The van der Waals surface area contributed by atoms with Crippen LogP contribution >= 0.6 is 11.6 Å². The third-order valence-corrected chi connectivity index (χ3v) is 9.21. The molecular weight excluding hydrogens is 480 g/mol. The third-order valence-electron chi connectivity index (χ3n) is 7.47. The fourth-order valence-corrected chi connectivity index (χ4v) is 6.96. The lowest BCUT2D eigenvalue weighted by Gasteiger charge is -2.50. The lowest BCUT2D eigenvalue weighted by molar-refractivity contribution is 0.179. The van der Waals surface area contributed by atoms with Crippen molar-refractivity contribution in [2.45, 2.75) is 63.2 Å². The number of pyridine rings is 1. The largest absolute Gasteiger partial charge is 0.439 e. The van der Waals surface area contributed by atoms with Gasteiger partial charge in [0.2, 0.25) is 15.9 Å². The summed E-state index contributed by atoms with van der Waals surface area (Å²) in [6.45, 7) is 1.83. The van der Waals surface area contributed by atoms with E-state index in [9.17, 15) is 8.42 Å². The summed E-state index contributed by atoms with van der Waals surface area (Å²) in [5.41, 5.74) is 4.77. The van der Waals surface area contributed by atoms with Gasteiger partial charge in [0.05, 0.1) is 17.6 Å². The minimum atomic E-state index is -3.35. The number of nitrogens with zero attached hydrogens (tertiary/aromatic N) is 1. The monoisotopic (exact) mass is 510 g/mol. The maximum Gasteiger partial charge on any atom is 0.232 e. The van der Waals surface area contributed by atoms with E-state index in [2.05, 4.69) is 34.0 Å². The van der Waals surface area contributed by atoms with E-state index in [1.165, 1.54) is 55.0 Å². The van der Waals surface area contributed by atoms with Crippen LogP contribution in [0, 0.1) is 0 Å². The number of nitrogens with one attached hydrogen (secondary N) is 1. The number of anilines is 1. The van der Waals surface area contributed by atoms with E-state index in [-0.39, 0.29) is 11.2 Å². The minimum absolute atomic E-state index is 0.0824. The highest BCUT2D eigenvalue weighted by atomic mass is 35.5. The van der Waals surface area contributed by atoms with Gasteiger partial charge in [-0.3, -0.25) is 4.72 Å². The van der Waals surface area contributed by atoms with E-state index >= 15 is 0 Å². The molecule has 1 unspecified atom stereocenters. The van der Waals surface area contributed by atoms with E-state index in [1.807, 2.05) is 25.1 Å². The highest BCUT2D eigenvalue weighted by Crippen LogP contribution is 2.57. The molecule has 1 atom stereocenters. The Balaban J connectivity index is 1.38. The molecule has 0 amide bonds. The molecular formula is C28H31ClN2O3S. The Morgan fingerprint density at radius 3 is 2.54 bits per heavy atom. The zero-order chi connectivity index (χ0) is 24.5. The molecule has 1 heterocycles. The zero-order valence-electron chi connectivity index (χ0n) is 20.0. The Hall–Kier alpha value is -2.57. The fraction of sp³-hybridized carbons (Fsp3) is 0.393. The van der Waals surface area contributed by atoms with Crippen LogP contribution in [-0.4, -0.2) is 19.2 Å². The van der Waals surface area contributed by atoms with Crippen molar-refractivity contribution in [2.24, 2.45) is 0 Å². The molecule has 0 aliphatic heterocycles. The number of aromatic nitrogens is 1. The number of hydrogen-bond acceptors (Lipinski definition) is 4. The van der Waals surface area contributed by atoms with Gasteiger partial charge in [-0.2, -0.15) is 0 Å².